The van der Waals surface area contributed by atoms with E-state index in [-0.39, 0.29) is 11.8 Å². The first kappa shape index (κ1) is 20.4. The summed E-state index contributed by atoms with van der Waals surface area (Å²) < 4.78 is 5.11. The van der Waals surface area contributed by atoms with Crippen molar-refractivity contribution in [3.05, 3.63) is 78.1 Å². The maximum atomic E-state index is 12.6. The molecular formula is C24H24N4O3. The second kappa shape index (κ2) is 9.30. The van der Waals surface area contributed by atoms with E-state index in [0.29, 0.717) is 22.6 Å². The zero-order chi connectivity index (χ0) is 21.6. The summed E-state index contributed by atoms with van der Waals surface area (Å²) in [6.45, 7) is 2.01. The third-order valence-electron chi connectivity index (χ3n) is 5.20. The van der Waals surface area contributed by atoms with Gasteiger partial charge in [0, 0.05) is 41.9 Å². The number of nitrogens with one attached hydrogen (secondary N) is 2. The average molecular weight is 416 g/mol. The summed E-state index contributed by atoms with van der Waals surface area (Å²) in [5, 5.41) is 5.67. The number of hydrogen-bond donors (Lipinski definition) is 2. The fourth-order valence-corrected chi connectivity index (χ4v) is 3.49. The number of carbonyl (C=O) groups is 2. The molecular weight excluding hydrogens is 392 g/mol. The molecule has 2 amide bonds. The number of rotatable bonds is 6. The highest BCUT2D eigenvalue weighted by molar-refractivity contribution is 6.06. The fourth-order valence-electron chi connectivity index (χ4n) is 3.49. The van der Waals surface area contributed by atoms with Gasteiger partial charge in [-0.1, -0.05) is 0 Å². The summed E-state index contributed by atoms with van der Waals surface area (Å²) >= 11 is 0. The van der Waals surface area contributed by atoms with E-state index in [1.54, 1.807) is 61.8 Å². The van der Waals surface area contributed by atoms with Gasteiger partial charge in [0.05, 0.1) is 7.11 Å². The van der Waals surface area contributed by atoms with E-state index in [9.17, 15) is 9.59 Å². The number of hydrogen-bond acceptors (Lipinski definition) is 5. The molecule has 0 spiro atoms. The Morgan fingerprint density at radius 3 is 2.13 bits per heavy atom. The van der Waals surface area contributed by atoms with Gasteiger partial charge in [-0.05, 0) is 73.5 Å². The van der Waals surface area contributed by atoms with Crippen LogP contribution >= 0.6 is 0 Å². The molecule has 0 atom stereocenters. The van der Waals surface area contributed by atoms with Crippen molar-refractivity contribution in [2.24, 2.45) is 0 Å². The summed E-state index contributed by atoms with van der Waals surface area (Å²) in [6.07, 6.45) is 4.00. The minimum atomic E-state index is -0.281. The summed E-state index contributed by atoms with van der Waals surface area (Å²) in [7, 11) is 1.59. The first-order valence-corrected chi connectivity index (χ1v) is 10.2. The molecule has 1 saturated heterocycles. The SMILES string of the molecule is COc1ccc(NC(=O)c2ccc(NC(=O)c3cc(N4CCCC4)ccn3)cc2)cc1. The van der Waals surface area contributed by atoms with E-state index < -0.39 is 0 Å². The van der Waals surface area contributed by atoms with Crippen molar-refractivity contribution >= 4 is 28.9 Å². The molecule has 0 aliphatic carbocycles. The Morgan fingerprint density at radius 2 is 1.48 bits per heavy atom. The molecule has 0 unspecified atom stereocenters. The molecule has 2 aromatic carbocycles. The number of anilines is 3. The van der Waals surface area contributed by atoms with E-state index in [1.165, 1.54) is 12.8 Å². The number of amides is 2. The van der Waals surface area contributed by atoms with Gasteiger partial charge in [0.15, 0.2) is 0 Å². The number of ether oxygens (including phenoxy) is 1. The summed E-state index contributed by atoms with van der Waals surface area (Å²) in [5.41, 5.74) is 3.14. The van der Waals surface area contributed by atoms with Crippen molar-refractivity contribution in [1.82, 2.24) is 4.98 Å². The third kappa shape index (κ3) is 5.01. The number of benzene rings is 2. The Labute approximate surface area is 181 Å². The van der Waals surface area contributed by atoms with Crippen molar-refractivity contribution in [3.63, 3.8) is 0 Å². The van der Waals surface area contributed by atoms with Gasteiger partial charge in [-0.2, -0.15) is 0 Å². The van der Waals surface area contributed by atoms with E-state index in [2.05, 4.69) is 20.5 Å². The van der Waals surface area contributed by atoms with Gasteiger partial charge < -0.3 is 20.3 Å². The van der Waals surface area contributed by atoms with Crippen LogP contribution in [0.3, 0.4) is 0 Å². The summed E-state index contributed by atoms with van der Waals surface area (Å²) in [5.74, 6) is 0.207. The van der Waals surface area contributed by atoms with Crippen LogP contribution in [0.15, 0.2) is 66.9 Å². The third-order valence-corrected chi connectivity index (χ3v) is 5.20. The van der Waals surface area contributed by atoms with Crippen LogP contribution in [-0.2, 0) is 0 Å². The molecule has 2 N–H and O–H groups in total. The number of carbonyl (C=O) groups excluding carboxylic acids is 2. The molecule has 0 saturated carbocycles. The first-order valence-electron chi connectivity index (χ1n) is 10.2. The van der Waals surface area contributed by atoms with Crippen LogP contribution in [-0.4, -0.2) is 37.0 Å². The van der Waals surface area contributed by atoms with Crippen LogP contribution in [0, 0.1) is 0 Å². The quantitative estimate of drug-likeness (QED) is 0.629. The molecule has 0 radical (unpaired) electrons. The Bertz CT molecular complexity index is 1060. The lowest BCUT2D eigenvalue weighted by Crippen LogP contribution is -2.19. The topological polar surface area (TPSA) is 83.6 Å². The number of nitrogens with zero attached hydrogens (tertiary/aromatic N) is 2. The minimum Gasteiger partial charge on any atom is -0.497 e. The average Bonchev–Trinajstić information content (AvgIpc) is 3.35. The van der Waals surface area contributed by atoms with E-state index >= 15 is 0 Å². The van der Waals surface area contributed by atoms with Crippen molar-refractivity contribution in [2.75, 3.05) is 35.7 Å². The highest BCUT2D eigenvalue weighted by atomic mass is 16.5. The lowest BCUT2D eigenvalue weighted by atomic mass is 10.2. The maximum absolute atomic E-state index is 12.6. The molecule has 158 valence electrons. The fraction of sp³-hybridized carbons (Fsp3) is 0.208. The van der Waals surface area contributed by atoms with E-state index in [4.69, 9.17) is 4.74 Å². The molecule has 31 heavy (non-hydrogen) atoms. The van der Waals surface area contributed by atoms with Gasteiger partial charge in [-0.25, -0.2) is 0 Å². The second-order valence-electron chi connectivity index (χ2n) is 7.31. The van der Waals surface area contributed by atoms with Gasteiger partial charge >= 0.3 is 0 Å². The van der Waals surface area contributed by atoms with Crippen LogP contribution in [0.2, 0.25) is 0 Å². The molecule has 1 aromatic heterocycles. The highest BCUT2D eigenvalue weighted by Gasteiger charge is 2.15. The normalized spacial score (nSPS) is 13.0. The van der Waals surface area contributed by atoms with Gasteiger partial charge in [0.1, 0.15) is 11.4 Å². The van der Waals surface area contributed by atoms with E-state index in [1.807, 2.05) is 12.1 Å². The smallest absolute Gasteiger partial charge is 0.274 e. The lowest BCUT2D eigenvalue weighted by molar-refractivity contribution is 0.101. The lowest BCUT2D eigenvalue weighted by Gasteiger charge is -2.17. The minimum absolute atomic E-state index is 0.233. The molecule has 1 aliphatic rings. The molecule has 2 heterocycles. The van der Waals surface area contributed by atoms with Crippen LogP contribution in [0.25, 0.3) is 0 Å². The number of aromatic nitrogens is 1. The number of methoxy groups -OCH3 is 1. The zero-order valence-electron chi connectivity index (χ0n) is 17.3. The Morgan fingerprint density at radius 1 is 0.871 bits per heavy atom. The second-order valence-corrected chi connectivity index (χ2v) is 7.31. The molecule has 3 aromatic rings. The van der Waals surface area contributed by atoms with Crippen molar-refractivity contribution in [1.29, 1.82) is 0 Å². The summed E-state index contributed by atoms with van der Waals surface area (Å²) in [4.78, 5) is 31.5. The molecule has 4 rings (SSSR count). The molecule has 1 aliphatic heterocycles. The van der Waals surface area contributed by atoms with Crippen LogP contribution in [0.4, 0.5) is 17.1 Å². The number of pyridine rings is 1. The van der Waals surface area contributed by atoms with Crippen LogP contribution in [0.5, 0.6) is 5.75 Å². The van der Waals surface area contributed by atoms with Gasteiger partial charge in [-0.3, -0.25) is 14.6 Å². The zero-order valence-corrected chi connectivity index (χ0v) is 17.3. The standard InChI is InChI=1S/C24H24N4O3/c1-31-21-10-8-19(9-11-21)26-23(29)17-4-6-18(7-5-17)27-24(30)22-16-20(12-13-25-22)28-14-2-3-15-28/h4-13,16H,2-3,14-15H2,1H3,(H,26,29)(H,27,30). The molecule has 0 bridgehead atoms. The van der Waals surface area contributed by atoms with Gasteiger partial charge in [0.2, 0.25) is 0 Å². The first-order chi connectivity index (χ1) is 15.1. The van der Waals surface area contributed by atoms with Crippen molar-refractivity contribution in [3.8, 4) is 5.75 Å². The predicted octanol–water partition coefficient (Wildman–Crippen LogP) is 4.20. The van der Waals surface area contributed by atoms with Crippen LogP contribution < -0.4 is 20.3 Å². The van der Waals surface area contributed by atoms with Gasteiger partial charge in [0.25, 0.3) is 11.8 Å². The molecule has 1 fully saturated rings. The maximum Gasteiger partial charge on any atom is 0.274 e. The van der Waals surface area contributed by atoms with E-state index in [0.717, 1.165) is 24.5 Å². The highest BCUT2D eigenvalue weighted by Crippen LogP contribution is 2.21. The monoisotopic (exact) mass is 416 g/mol. The summed E-state index contributed by atoms with van der Waals surface area (Å²) in [6, 6.07) is 17.6. The predicted molar refractivity (Wildman–Crippen MR) is 121 cm³/mol. The Hall–Kier alpha value is -3.87. The van der Waals surface area contributed by atoms with Crippen molar-refractivity contribution in [2.45, 2.75) is 12.8 Å². The van der Waals surface area contributed by atoms with Crippen molar-refractivity contribution < 1.29 is 14.3 Å². The van der Waals surface area contributed by atoms with Crippen LogP contribution in [0.1, 0.15) is 33.7 Å². The molecule has 7 heteroatoms. The van der Waals surface area contributed by atoms with Gasteiger partial charge in [-0.15, -0.1) is 0 Å². The Balaban J connectivity index is 1.38. The molecule has 7 nitrogen and oxygen atoms in total. The Kier molecular flexibility index (Phi) is 6.12. The largest absolute Gasteiger partial charge is 0.497 e.